The lowest BCUT2D eigenvalue weighted by Crippen LogP contribution is -2.47. The van der Waals surface area contributed by atoms with Crippen molar-refractivity contribution < 1.29 is 19.4 Å². The molecule has 0 aromatic heterocycles. The number of esters is 1. The Morgan fingerprint density at radius 3 is 2.50 bits per heavy atom. The first-order valence-corrected chi connectivity index (χ1v) is 4.73. The van der Waals surface area contributed by atoms with E-state index < -0.39 is 24.1 Å². The van der Waals surface area contributed by atoms with Crippen molar-refractivity contribution in [1.29, 1.82) is 0 Å². The minimum Gasteiger partial charge on any atom is -0.443 e. The highest BCUT2D eigenvalue weighted by atomic mass is 35.5. The molecule has 0 saturated heterocycles. The van der Waals surface area contributed by atoms with Gasteiger partial charge in [-0.25, -0.2) is 0 Å². The number of alkyl halides is 1. The highest BCUT2D eigenvalue weighted by Gasteiger charge is 2.26. The molecule has 0 bridgehead atoms. The van der Waals surface area contributed by atoms with Crippen molar-refractivity contribution in [1.82, 2.24) is 5.32 Å². The van der Waals surface area contributed by atoms with Crippen molar-refractivity contribution >= 4 is 23.4 Å². The molecule has 0 spiro atoms. The first-order chi connectivity index (χ1) is 6.52. The number of hydrogen-bond acceptors (Lipinski definition) is 5. The molecular weight excluding hydrogens is 210 g/mol. The fourth-order valence-corrected chi connectivity index (χ4v) is 1.00. The van der Waals surface area contributed by atoms with Crippen LogP contribution in [0.2, 0.25) is 0 Å². The largest absolute Gasteiger partial charge is 0.443 e. The zero-order valence-corrected chi connectivity index (χ0v) is 8.87. The molecule has 2 unspecified atom stereocenters. The molecule has 82 valence electrons. The molecule has 2 N–H and O–H groups in total. The number of hydrogen-bond donors (Lipinski definition) is 2. The third kappa shape index (κ3) is 4.55. The quantitative estimate of drug-likeness (QED) is 0.366. The zero-order valence-electron chi connectivity index (χ0n) is 8.12. The summed E-state index contributed by atoms with van der Waals surface area (Å²) in [5.74, 6) is -1.47. The van der Waals surface area contributed by atoms with Crippen LogP contribution >= 0.6 is 11.6 Å². The Hall–Kier alpha value is -0.650. The molecule has 0 radical (unpaired) electrons. The zero-order chi connectivity index (χ0) is 11.1. The second kappa shape index (κ2) is 6.75. The standard InChI is InChI=1S/C8H14ClNO4/c1-3-10-8(14-5(2)11)7(13)6(12)4-9/h7-8,10,13H,3-4H2,1-2H3. The van der Waals surface area contributed by atoms with Gasteiger partial charge in [0.25, 0.3) is 0 Å². The van der Waals surface area contributed by atoms with Crippen molar-refractivity contribution in [3.8, 4) is 0 Å². The highest BCUT2D eigenvalue weighted by Crippen LogP contribution is 2.00. The molecule has 0 aliphatic heterocycles. The number of nitrogens with one attached hydrogen (secondary N) is 1. The van der Waals surface area contributed by atoms with Crippen LogP contribution in [0.5, 0.6) is 0 Å². The molecule has 0 aliphatic rings. The Bertz CT molecular complexity index is 210. The van der Waals surface area contributed by atoms with Gasteiger partial charge in [0, 0.05) is 6.92 Å². The van der Waals surface area contributed by atoms with Crippen LogP contribution in [-0.2, 0) is 14.3 Å². The predicted molar refractivity (Wildman–Crippen MR) is 51.0 cm³/mol. The predicted octanol–water partition coefficient (Wildman–Crippen LogP) is -0.346. The van der Waals surface area contributed by atoms with Crippen LogP contribution in [0.3, 0.4) is 0 Å². The number of carbonyl (C=O) groups excluding carboxylic acids is 2. The van der Waals surface area contributed by atoms with E-state index in [-0.39, 0.29) is 5.88 Å². The number of aliphatic hydroxyl groups excluding tert-OH is 1. The Labute approximate surface area is 87.4 Å². The number of carbonyl (C=O) groups is 2. The maximum absolute atomic E-state index is 11.0. The second-order valence-electron chi connectivity index (χ2n) is 2.63. The Balaban J connectivity index is 4.31. The summed E-state index contributed by atoms with van der Waals surface area (Å²) < 4.78 is 4.70. The fraction of sp³-hybridized carbons (Fsp3) is 0.750. The lowest BCUT2D eigenvalue weighted by atomic mass is 10.2. The summed E-state index contributed by atoms with van der Waals surface area (Å²) in [4.78, 5) is 21.6. The lowest BCUT2D eigenvalue weighted by molar-refractivity contribution is -0.157. The van der Waals surface area contributed by atoms with Crippen LogP contribution in [0.25, 0.3) is 0 Å². The summed E-state index contributed by atoms with van der Waals surface area (Å²) in [5.41, 5.74) is 0. The number of likely N-dealkylation sites (N-methyl/N-ethyl adjacent to an activating group) is 1. The first-order valence-electron chi connectivity index (χ1n) is 4.20. The molecule has 0 aromatic carbocycles. The number of Topliss-reactive ketones (excluding diaryl/α,β-unsaturated/α-hetero) is 1. The molecule has 2 atom stereocenters. The van der Waals surface area contributed by atoms with E-state index in [1.54, 1.807) is 6.92 Å². The molecule has 0 aliphatic carbocycles. The summed E-state index contributed by atoms with van der Waals surface area (Å²) in [6.07, 6.45) is -2.44. The molecule has 6 heteroatoms. The summed E-state index contributed by atoms with van der Waals surface area (Å²) >= 11 is 5.25. The van der Waals surface area contributed by atoms with Crippen LogP contribution in [-0.4, -0.2) is 41.6 Å². The number of ketones is 1. The Morgan fingerprint density at radius 1 is 1.57 bits per heavy atom. The molecule has 0 aromatic rings. The van der Waals surface area contributed by atoms with Gasteiger partial charge in [-0.3, -0.25) is 14.9 Å². The van der Waals surface area contributed by atoms with Gasteiger partial charge in [0.05, 0.1) is 5.88 Å². The van der Waals surface area contributed by atoms with Crippen LogP contribution < -0.4 is 5.32 Å². The molecule has 0 amide bonds. The number of halogens is 1. The average Bonchev–Trinajstić information content (AvgIpc) is 2.14. The van der Waals surface area contributed by atoms with Crippen LogP contribution in [0.4, 0.5) is 0 Å². The van der Waals surface area contributed by atoms with Crippen molar-refractivity contribution in [3.05, 3.63) is 0 Å². The maximum Gasteiger partial charge on any atom is 0.304 e. The second-order valence-corrected chi connectivity index (χ2v) is 2.90. The SMILES string of the molecule is CCNC(OC(C)=O)C(O)C(=O)CCl. The van der Waals surface area contributed by atoms with Gasteiger partial charge >= 0.3 is 5.97 Å². The van der Waals surface area contributed by atoms with Gasteiger partial charge < -0.3 is 9.84 Å². The van der Waals surface area contributed by atoms with Gasteiger partial charge in [0.2, 0.25) is 0 Å². The van der Waals surface area contributed by atoms with E-state index in [4.69, 9.17) is 16.3 Å². The minimum absolute atomic E-state index is 0.315. The number of aliphatic hydroxyl groups is 1. The smallest absolute Gasteiger partial charge is 0.304 e. The van der Waals surface area contributed by atoms with E-state index in [2.05, 4.69) is 5.32 Å². The van der Waals surface area contributed by atoms with Gasteiger partial charge in [-0.15, -0.1) is 11.6 Å². The van der Waals surface area contributed by atoms with Crippen molar-refractivity contribution in [2.24, 2.45) is 0 Å². The van der Waals surface area contributed by atoms with Crippen LogP contribution in [0.15, 0.2) is 0 Å². The molecule has 0 fully saturated rings. The van der Waals surface area contributed by atoms with E-state index in [0.717, 1.165) is 0 Å². The topological polar surface area (TPSA) is 75.6 Å². The monoisotopic (exact) mass is 223 g/mol. The van der Waals surface area contributed by atoms with Gasteiger partial charge in [-0.05, 0) is 6.54 Å². The molecule has 5 nitrogen and oxygen atoms in total. The summed E-state index contributed by atoms with van der Waals surface area (Å²) in [6.45, 7) is 3.42. The minimum atomic E-state index is -1.42. The summed E-state index contributed by atoms with van der Waals surface area (Å²) in [7, 11) is 0. The number of ether oxygens (including phenoxy) is 1. The number of rotatable bonds is 6. The van der Waals surface area contributed by atoms with Gasteiger partial charge in [0.15, 0.2) is 18.1 Å². The first kappa shape index (κ1) is 13.4. The average molecular weight is 224 g/mol. The van der Waals surface area contributed by atoms with E-state index in [0.29, 0.717) is 6.54 Å². The van der Waals surface area contributed by atoms with E-state index >= 15 is 0 Å². The van der Waals surface area contributed by atoms with Gasteiger partial charge in [-0.2, -0.15) is 0 Å². The molecule has 0 heterocycles. The fourth-order valence-electron chi connectivity index (χ4n) is 0.846. The maximum atomic E-state index is 11.0. The molecular formula is C8H14ClNO4. The van der Waals surface area contributed by atoms with Gasteiger partial charge in [0.1, 0.15) is 0 Å². The lowest BCUT2D eigenvalue weighted by Gasteiger charge is -2.21. The summed E-state index contributed by atoms with van der Waals surface area (Å²) in [6, 6.07) is 0. The van der Waals surface area contributed by atoms with Crippen molar-refractivity contribution in [2.75, 3.05) is 12.4 Å². The van der Waals surface area contributed by atoms with E-state index in [1.807, 2.05) is 0 Å². The van der Waals surface area contributed by atoms with Gasteiger partial charge in [-0.1, -0.05) is 6.92 Å². The van der Waals surface area contributed by atoms with Crippen LogP contribution in [0, 0.1) is 0 Å². The summed E-state index contributed by atoms with van der Waals surface area (Å²) in [5, 5.41) is 12.0. The molecule has 0 saturated carbocycles. The molecule has 0 rings (SSSR count). The van der Waals surface area contributed by atoms with Crippen LogP contribution in [0.1, 0.15) is 13.8 Å². The highest BCUT2D eigenvalue weighted by molar-refractivity contribution is 6.28. The van der Waals surface area contributed by atoms with Crippen molar-refractivity contribution in [2.45, 2.75) is 26.2 Å². The third-order valence-electron chi connectivity index (χ3n) is 1.45. The van der Waals surface area contributed by atoms with E-state index in [9.17, 15) is 14.7 Å². The van der Waals surface area contributed by atoms with Crippen molar-refractivity contribution in [3.63, 3.8) is 0 Å². The molecule has 14 heavy (non-hydrogen) atoms. The van der Waals surface area contributed by atoms with E-state index in [1.165, 1.54) is 6.92 Å². The third-order valence-corrected chi connectivity index (χ3v) is 1.71. The Kier molecular flexibility index (Phi) is 6.44. The normalized spacial score (nSPS) is 14.6. The Morgan fingerprint density at radius 2 is 2.14 bits per heavy atom.